The second-order valence-corrected chi connectivity index (χ2v) is 4.49. The summed E-state index contributed by atoms with van der Waals surface area (Å²) in [4.78, 5) is 12.8. The molecule has 3 rings (SSSR count). The molecule has 0 amide bonds. The minimum absolute atomic E-state index is 0.353. The van der Waals surface area contributed by atoms with Crippen molar-refractivity contribution in [3.63, 3.8) is 0 Å². The number of rotatable bonds is 2. The Morgan fingerprint density at radius 2 is 2.05 bits per heavy atom. The van der Waals surface area contributed by atoms with Crippen molar-refractivity contribution in [1.82, 2.24) is 15.0 Å². The number of fused-ring (bicyclic) bond motifs is 1. The van der Waals surface area contributed by atoms with Crippen molar-refractivity contribution in [2.75, 3.05) is 18.1 Å². The van der Waals surface area contributed by atoms with Crippen LogP contribution in [0.5, 0.6) is 0 Å². The van der Waals surface area contributed by atoms with Gasteiger partial charge in [-0.05, 0) is 18.2 Å². The summed E-state index contributed by atoms with van der Waals surface area (Å²) in [6.45, 7) is 0. The minimum atomic E-state index is 0.353. The first-order chi connectivity index (χ1) is 10.2. The van der Waals surface area contributed by atoms with E-state index in [1.807, 2.05) is 37.4 Å². The van der Waals surface area contributed by atoms with Gasteiger partial charge in [0.2, 0.25) is 0 Å². The second kappa shape index (κ2) is 5.10. The Kier molecular flexibility index (Phi) is 3.13. The van der Waals surface area contributed by atoms with E-state index in [4.69, 9.17) is 12.2 Å². The highest BCUT2D eigenvalue weighted by Gasteiger charge is 2.10. The summed E-state index contributed by atoms with van der Waals surface area (Å²) in [5, 5.41) is 3.11. The van der Waals surface area contributed by atoms with E-state index < -0.39 is 0 Å². The maximum Gasteiger partial charge on any atom is 0.153 e. The lowest BCUT2D eigenvalue weighted by Crippen LogP contribution is -2.00. The quantitative estimate of drug-likeness (QED) is 0.702. The molecule has 5 heteroatoms. The molecule has 0 atom stereocenters. The van der Waals surface area contributed by atoms with Crippen molar-refractivity contribution in [2.45, 2.75) is 0 Å². The molecule has 0 bridgehead atoms. The number of nitrogens with zero attached hydrogens (tertiary/aromatic N) is 3. The lowest BCUT2D eigenvalue weighted by Gasteiger charge is -2.09. The molecule has 3 aromatic rings. The van der Waals surface area contributed by atoms with E-state index in [2.05, 4.69) is 26.2 Å². The zero-order valence-electron chi connectivity index (χ0n) is 11.5. The third kappa shape index (κ3) is 2.23. The van der Waals surface area contributed by atoms with Crippen LogP contribution in [0, 0.1) is 12.3 Å². The Balaban J connectivity index is 2.28. The highest BCUT2D eigenvalue weighted by atomic mass is 15.0. The maximum atomic E-state index is 5.91. The van der Waals surface area contributed by atoms with Gasteiger partial charge in [-0.1, -0.05) is 18.1 Å². The third-order valence-corrected chi connectivity index (χ3v) is 3.21. The number of nitrogens with one attached hydrogen (secondary N) is 1. The number of anilines is 2. The number of nitrogen functional groups attached to an aromatic ring is 1. The zero-order chi connectivity index (χ0) is 14.8. The summed E-state index contributed by atoms with van der Waals surface area (Å²) < 4.78 is 0. The summed E-state index contributed by atoms with van der Waals surface area (Å²) in [5.74, 6) is 2.97. The van der Waals surface area contributed by atoms with Crippen LogP contribution in [0.4, 0.5) is 11.5 Å². The van der Waals surface area contributed by atoms with E-state index in [1.54, 1.807) is 0 Å². The van der Waals surface area contributed by atoms with Crippen LogP contribution >= 0.6 is 0 Å². The standard InChI is InChI=1S/C16H13N5/c1-3-10-5-4-6-11(7-10)12-8-13(18-2)14-15(21-12)16(17)20-9-19-14/h1,4-9H,2H3,(H,18,21)(H2,17,19,20). The second-order valence-electron chi connectivity index (χ2n) is 4.49. The molecule has 0 aliphatic heterocycles. The Hall–Kier alpha value is -3.13. The molecule has 0 fully saturated rings. The first-order valence-corrected chi connectivity index (χ1v) is 6.39. The van der Waals surface area contributed by atoms with Gasteiger partial charge in [0.1, 0.15) is 17.4 Å². The zero-order valence-corrected chi connectivity index (χ0v) is 11.5. The molecule has 0 saturated carbocycles. The molecule has 2 heterocycles. The molecule has 0 unspecified atom stereocenters. The van der Waals surface area contributed by atoms with Crippen LogP contribution in [0.1, 0.15) is 5.56 Å². The Labute approximate surface area is 122 Å². The summed E-state index contributed by atoms with van der Waals surface area (Å²) >= 11 is 0. The SMILES string of the molecule is C#Cc1cccc(-c2cc(NC)c3ncnc(N)c3n2)c1. The number of nitrogens with two attached hydrogens (primary N) is 1. The van der Waals surface area contributed by atoms with Crippen LogP contribution in [0.25, 0.3) is 22.3 Å². The van der Waals surface area contributed by atoms with Gasteiger partial charge in [0.05, 0.1) is 11.4 Å². The largest absolute Gasteiger partial charge is 0.386 e. The normalized spacial score (nSPS) is 10.3. The summed E-state index contributed by atoms with van der Waals surface area (Å²) in [5.41, 5.74) is 10.5. The Morgan fingerprint density at radius 3 is 2.81 bits per heavy atom. The molecule has 3 N–H and O–H groups in total. The number of benzene rings is 1. The molecule has 0 saturated heterocycles. The highest BCUT2D eigenvalue weighted by molar-refractivity contribution is 5.95. The van der Waals surface area contributed by atoms with Crippen molar-refractivity contribution in [3.8, 4) is 23.6 Å². The van der Waals surface area contributed by atoms with Crippen LogP contribution in [0.2, 0.25) is 0 Å². The van der Waals surface area contributed by atoms with E-state index in [0.717, 1.165) is 22.5 Å². The topological polar surface area (TPSA) is 76.7 Å². The monoisotopic (exact) mass is 275 g/mol. The fourth-order valence-corrected chi connectivity index (χ4v) is 2.16. The van der Waals surface area contributed by atoms with Gasteiger partial charge in [0, 0.05) is 18.2 Å². The van der Waals surface area contributed by atoms with Gasteiger partial charge in [0.25, 0.3) is 0 Å². The number of pyridine rings is 1. The van der Waals surface area contributed by atoms with Crippen molar-refractivity contribution >= 4 is 22.5 Å². The Morgan fingerprint density at radius 1 is 1.19 bits per heavy atom. The van der Waals surface area contributed by atoms with Crippen molar-refractivity contribution in [1.29, 1.82) is 0 Å². The van der Waals surface area contributed by atoms with E-state index in [0.29, 0.717) is 16.9 Å². The molecule has 21 heavy (non-hydrogen) atoms. The summed E-state index contributed by atoms with van der Waals surface area (Å²) in [6.07, 6.45) is 6.87. The predicted octanol–water partition coefficient (Wildman–Crippen LogP) is 2.30. The van der Waals surface area contributed by atoms with Gasteiger partial charge < -0.3 is 11.1 Å². The lowest BCUT2D eigenvalue weighted by molar-refractivity contribution is 1.20. The number of hydrogen-bond acceptors (Lipinski definition) is 5. The van der Waals surface area contributed by atoms with Gasteiger partial charge in [0.15, 0.2) is 5.82 Å². The first-order valence-electron chi connectivity index (χ1n) is 6.39. The highest BCUT2D eigenvalue weighted by Crippen LogP contribution is 2.28. The van der Waals surface area contributed by atoms with E-state index in [1.165, 1.54) is 6.33 Å². The average molecular weight is 275 g/mol. The molecule has 0 spiro atoms. The fourth-order valence-electron chi connectivity index (χ4n) is 2.16. The van der Waals surface area contributed by atoms with Crippen LogP contribution in [-0.2, 0) is 0 Å². The number of hydrogen-bond donors (Lipinski definition) is 2. The molecule has 102 valence electrons. The van der Waals surface area contributed by atoms with E-state index in [-0.39, 0.29) is 0 Å². The molecular weight excluding hydrogens is 262 g/mol. The molecule has 0 radical (unpaired) electrons. The van der Waals surface area contributed by atoms with Gasteiger partial charge in [-0.2, -0.15) is 0 Å². The van der Waals surface area contributed by atoms with Crippen LogP contribution in [0.15, 0.2) is 36.7 Å². The van der Waals surface area contributed by atoms with Gasteiger partial charge in [-0.15, -0.1) is 6.42 Å². The molecule has 2 aromatic heterocycles. The molecule has 5 nitrogen and oxygen atoms in total. The van der Waals surface area contributed by atoms with Crippen molar-refractivity contribution in [3.05, 3.63) is 42.2 Å². The van der Waals surface area contributed by atoms with Gasteiger partial charge in [-0.3, -0.25) is 0 Å². The number of aromatic nitrogens is 3. The van der Waals surface area contributed by atoms with Gasteiger partial charge >= 0.3 is 0 Å². The molecule has 0 aliphatic carbocycles. The van der Waals surface area contributed by atoms with E-state index in [9.17, 15) is 0 Å². The summed E-state index contributed by atoms with van der Waals surface area (Å²) in [7, 11) is 1.83. The predicted molar refractivity (Wildman–Crippen MR) is 84.7 cm³/mol. The van der Waals surface area contributed by atoms with Crippen LogP contribution < -0.4 is 11.1 Å². The Bertz CT molecular complexity index is 864. The smallest absolute Gasteiger partial charge is 0.153 e. The van der Waals surface area contributed by atoms with Crippen molar-refractivity contribution < 1.29 is 0 Å². The van der Waals surface area contributed by atoms with Gasteiger partial charge in [-0.25, -0.2) is 15.0 Å². The summed E-state index contributed by atoms with van der Waals surface area (Å²) in [6, 6.07) is 9.56. The molecular formula is C16H13N5. The van der Waals surface area contributed by atoms with Crippen LogP contribution in [0.3, 0.4) is 0 Å². The molecule has 1 aromatic carbocycles. The first kappa shape index (κ1) is 12.9. The fraction of sp³-hybridized carbons (Fsp3) is 0.0625. The van der Waals surface area contributed by atoms with Crippen molar-refractivity contribution in [2.24, 2.45) is 0 Å². The minimum Gasteiger partial charge on any atom is -0.386 e. The maximum absolute atomic E-state index is 5.91. The third-order valence-electron chi connectivity index (χ3n) is 3.21. The lowest BCUT2D eigenvalue weighted by atomic mass is 10.1. The van der Waals surface area contributed by atoms with E-state index >= 15 is 0 Å². The molecule has 0 aliphatic rings. The van der Waals surface area contributed by atoms with Crippen LogP contribution in [-0.4, -0.2) is 22.0 Å². The average Bonchev–Trinajstić information content (AvgIpc) is 2.54. The number of terminal acetylenes is 1.